The van der Waals surface area contributed by atoms with E-state index >= 15 is 0 Å². The molecule has 2 aliphatic heterocycles. The average molecular weight is 124 g/mol. The third-order valence-corrected chi connectivity index (χ3v) is 1.19. The van der Waals surface area contributed by atoms with Gasteiger partial charge in [-0.2, -0.15) is 0 Å². The molecule has 3 nitrogen and oxygen atoms in total. The first-order chi connectivity index (χ1) is 4.36. The van der Waals surface area contributed by atoms with Crippen LogP contribution in [0.15, 0.2) is 24.2 Å². The molecule has 3 heteroatoms. The topological polar surface area (TPSA) is 35.5 Å². The molecule has 2 rings (SSSR count). The minimum atomic E-state index is -0.481. The van der Waals surface area contributed by atoms with Gasteiger partial charge < -0.3 is 9.47 Å². The number of hydrogen-bond donors (Lipinski definition) is 0. The van der Waals surface area contributed by atoms with Crippen molar-refractivity contribution in [2.75, 3.05) is 0 Å². The van der Waals surface area contributed by atoms with Crippen molar-refractivity contribution in [2.24, 2.45) is 0 Å². The van der Waals surface area contributed by atoms with Crippen LogP contribution in [0.3, 0.4) is 0 Å². The molecule has 1 unspecified atom stereocenters. The van der Waals surface area contributed by atoms with Crippen molar-refractivity contribution in [3.8, 4) is 0 Å². The van der Waals surface area contributed by atoms with Crippen LogP contribution in [-0.4, -0.2) is 12.1 Å². The fourth-order valence-electron chi connectivity index (χ4n) is 0.781. The molecule has 0 aromatic carbocycles. The Morgan fingerprint density at radius 1 is 1.56 bits per heavy atom. The molecule has 9 heavy (non-hydrogen) atoms. The Morgan fingerprint density at radius 2 is 2.44 bits per heavy atom. The van der Waals surface area contributed by atoms with E-state index in [-0.39, 0.29) is 5.97 Å². The highest BCUT2D eigenvalue weighted by Gasteiger charge is 2.31. The van der Waals surface area contributed by atoms with E-state index in [1.54, 1.807) is 18.2 Å². The van der Waals surface area contributed by atoms with Gasteiger partial charge in [0.15, 0.2) is 0 Å². The lowest BCUT2D eigenvalue weighted by Crippen LogP contribution is -2.12. The summed E-state index contributed by atoms with van der Waals surface area (Å²) in [6.07, 6.45) is 4.53. The van der Waals surface area contributed by atoms with Gasteiger partial charge in [0, 0.05) is 6.08 Å². The molecule has 0 saturated carbocycles. The zero-order chi connectivity index (χ0) is 6.27. The van der Waals surface area contributed by atoms with Crippen LogP contribution in [0.4, 0.5) is 0 Å². The van der Waals surface area contributed by atoms with Crippen molar-refractivity contribution < 1.29 is 14.3 Å². The zero-order valence-electron chi connectivity index (χ0n) is 4.53. The van der Waals surface area contributed by atoms with Crippen LogP contribution < -0.4 is 0 Å². The summed E-state index contributed by atoms with van der Waals surface area (Å²) >= 11 is 0. The number of carbonyl (C=O) groups is 1. The first-order valence-electron chi connectivity index (χ1n) is 2.63. The quantitative estimate of drug-likeness (QED) is 0.437. The Labute approximate surface area is 51.6 Å². The van der Waals surface area contributed by atoms with Gasteiger partial charge in [0.05, 0.1) is 0 Å². The maximum atomic E-state index is 10.6. The summed E-state index contributed by atoms with van der Waals surface area (Å²) in [5.41, 5.74) is 0. The van der Waals surface area contributed by atoms with Gasteiger partial charge in [-0.1, -0.05) is 6.08 Å². The van der Waals surface area contributed by atoms with Crippen LogP contribution in [0.25, 0.3) is 0 Å². The van der Waals surface area contributed by atoms with Crippen LogP contribution >= 0.6 is 0 Å². The molecule has 0 aromatic heterocycles. The third-order valence-electron chi connectivity index (χ3n) is 1.19. The smallest absolute Gasteiger partial charge is 0.359 e. The van der Waals surface area contributed by atoms with Crippen LogP contribution in [0.1, 0.15) is 0 Å². The van der Waals surface area contributed by atoms with E-state index in [9.17, 15) is 4.79 Å². The molecule has 2 bridgehead atoms. The predicted octanol–water partition coefficient (Wildman–Crippen LogP) is 0.340. The third kappa shape index (κ3) is 0.543. The summed E-state index contributed by atoms with van der Waals surface area (Å²) in [5, 5.41) is 0. The van der Waals surface area contributed by atoms with Crippen LogP contribution in [0.5, 0.6) is 0 Å². The van der Waals surface area contributed by atoms with Crippen LogP contribution in [0, 0.1) is 0 Å². The summed E-state index contributed by atoms with van der Waals surface area (Å²) in [5.74, 6) is -0.0116. The monoisotopic (exact) mass is 124 g/mol. The lowest BCUT2D eigenvalue weighted by Gasteiger charge is -1.99. The minimum Gasteiger partial charge on any atom is -0.445 e. The van der Waals surface area contributed by atoms with Crippen molar-refractivity contribution in [1.29, 1.82) is 0 Å². The predicted molar refractivity (Wildman–Crippen MR) is 28.2 cm³/mol. The van der Waals surface area contributed by atoms with Crippen LogP contribution in [-0.2, 0) is 14.3 Å². The highest BCUT2D eigenvalue weighted by Crippen LogP contribution is 2.20. The fourth-order valence-corrected chi connectivity index (χ4v) is 0.781. The fraction of sp³-hybridized carbons (Fsp3) is 0.167. The van der Waals surface area contributed by atoms with Gasteiger partial charge in [0.1, 0.15) is 0 Å². The SMILES string of the molecule is O=C1OC2=CC=CC1O2. The van der Waals surface area contributed by atoms with E-state index in [1.165, 1.54) is 0 Å². The number of ether oxygens (including phenoxy) is 2. The molecule has 0 aromatic rings. The van der Waals surface area contributed by atoms with Gasteiger partial charge in [0.2, 0.25) is 6.10 Å². The number of carbonyl (C=O) groups excluding carboxylic acids is 1. The maximum absolute atomic E-state index is 10.6. The van der Waals surface area contributed by atoms with Crippen molar-refractivity contribution >= 4 is 5.97 Å². The van der Waals surface area contributed by atoms with Crippen molar-refractivity contribution in [2.45, 2.75) is 6.10 Å². The molecular formula is C6H4O3. The Morgan fingerprint density at radius 3 is 3.11 bits per heavy atom. The number of fused-ring (bicyclic) bond motifs is 2. The molecule has 46 valence electrons. The summed E-state index contributed by atoms with van der Waals surface area (Å²) < 4.78 is 9.53. The zero-order valence-corrected chi connectivity index (χ0v) is 4.53. The van der Waals surface area contributed by atoms with E-state index in [0.717, 1.165) is 0 Å². The Balaban J connectivity index is 2.41. The van der Waals surface area contributed by atoms with Crippen molar-refractivity contribution in [3.63, 3.8) is 0 Å². The normalized spacial score (nSPS) is 29.1. The number of esters is 1. The number of hydrogen-bond acceptors (Lipinski definition) is 3. The van der Waals surface area contributed by atoms with Gasteiger partial charge in [-0.05, 0) is 6.08 Å². The van der Waals surface area contributed by atoms with Crippen molar-refractivity contribution in [3.05, 3.63) is 24.2 Å². The standard InChI is InChI=1S/C6H4O3/c7-6-4-2-1-3-5(8-4)9-6/h1-4H. The second-order valence-electron chi connectivity index (χ2n) is 1.83. The lowest BCUT2D eigenvalue weighted by atomic mass is 10.3. The summed E-state index contributed by atoms with van der Waals surface area (Å²) in [7, 11) is 0. The molecule has 0 amide bonds. The second kappa shape index (κ2) is 1.37. The van der Waals surface area contributed by atoms with E-state index in [4.69, 9.17) is 4.74 Å². The molecular weight excluding hydrogens is 120 g/mol. The van der Waals surface area contributed by atoms with E-state index in [1.807, 2.05) is 0 Å². The largest absolute Gasteiger partial charge is 0.445 e. The molecule has 1 saturated heterocycles. The summed E-state index contributed by atoms with van der Waals surface area (Å²) in [4.78, 5) is 10.6. The molecule has 2 heterocycles. The summed E-state index contributed by atoms with van der Waals surface area (Å²) in [6.45, 7) is 0. The molecule has 2 aliphatic rings. The molecule has 1 atom stereocenters. The van der Waals surface area contributed by atoms with E-state index in [2.05, 4.69) is 4.74 Å². The van der Waals surface area contributed by atoms with Crippen molar-refractivity contribution in [1.82, 2.24) is 0 Å². The number of allylic oxidation sites excluding steroid dienone is 2. The second-order valence-corrected chi connectivity index (χ2v) is 1.83. The lowest BCUT2D eigenvalue weighted by molar-refractivity contribution is -0.136. The molecule has 0 spiro atoms. The Hall–Kier alpha value is -1.25. The van der Waals surface area contributed by atoms with E-state index < -0.39 is 6.10 Å². The maximum Gasteiger partial charge on any atom is 0.359 e. The highest BCUT2D eigenvalue weighted by molar-refractivity contribution is 5.80. The Bertz CT molecular complexity index is 214. The average Bonchev–Trinajstić information content (AvgIpc) is 2.09. The molecule has 1 fully saturated rings. The highest BCUT2D eigenvalue weighted by atomic mass is 16.7. The van der Waals surface area contributed by atoms with Gasteiger partial charge in [0.25, 0.3) is 5.95 Å². The van der Waals surface area contributed by atoms with Gasteiger partial charge in [-0.15, -0.1) is 0 Å². The first kappa shape index (κ1) is 4.61. The summed E-state index contributed by atoms with van der Waals surface area (Å²) in [6, 6.07) is 0. The van der Waals surface area contributed by atoms with Gasteiger partial charge >= 0.3 is 5.97 Å². The molecule has 0 aliphatic carbocycles. The molecule has 0 radical (unpaired) electrons. The molecule has 0 N–H and O–H groups in total. The number of rotatable bonds is 0. The van der Waals surface area contributed by atoms with Gasteiger partial charge in [-0.25, -0.2) is 4.79 Å². The Kier molecular flexibility index (Phi) is 0.704. The van der Waals surface area contributed by atoms with Crippen LogP contribution in [0.2, 0.25) is 0 Å². The minimum absolute atomic E-state index is 0.313. The van der Waals surface area contributed by atoms with E-state index in [0.29, 0.717) is 5.95 Å². The first-order valence-corrected chi connectivity index (χ1v) is 2.63. The van der Waals surface area contributed by atoms with Gasteiger partial charge in [-0.3, -0.25) is 0 Å².